The second-order valence-corrected chi connectivity index (χ2v) is 6.83. The van der Waals surface area contributed by atoms with Crippen molar-refractivity contribution in [2.24, 2.45) is 0 Å². The lowest BCUT2D eigenvalue weighted by Gasteiger charge is -2.45. The lowest BCUT2D eigenvalue weighted by molar-refractivity contribution is -0.0728. The van der Waals surface area contributed by atoms with Gasteiger partial charge < -0.3 is 9.47 Å². The maximum Gasteiger partial charge on any atom is 0.0678 e. The van der Waals surface area contributed by atoms with Gasteiger partial charge in [0.2, 0.25) is 0 Å². The maximum absolute atomic E-state index is 6.08. The highest BCUT2D eigenvalue weighted by Gasteiger charge is 2.37. The van der Waals surface area contributed by atoms with Crippen molar-refractivity contribution in [1.82, 2.24) is 4.90 Å². The van der Waals surface area contributed by atoms with Crippen LogP contribution >= 0.6 is 0 Å². The van der Waals surface area contributed by atoms with Gasteiger partial charge in [-0.15, -0.1) is 0 Å². The molecule has 132 valence electrons. The van der Waals surface area contributed by atoms with E-state index in [0.717, 1.165) is 26.4 Å². The highest BCUT2D eigenvalue weighted by atomic mass is 16.5. The fourth-order valence-electron chi connectivity index (χ4n) is 3.38. The van der Waals surface area contributed by atoms with Crippen molar-refractivity contribution in [3.63, 3.8) is 0 Å². The van der Waals surface area contributed by atoms with Crippen LogP contribution in [0.3, 0.4) is 0 Å². The highest BCUT2D eigenvalue weighted by Crippen LogP contribution is 2.27. The van der Waals surface area contributed by atoms with Crippen LogP contribution in [0, 0.1) is 0 Å². The van der Waals surface area contributed by atoms with E-state index in [4.69, 9.17) is 9.47 Å². The van der Waals surface area contributed by atoms with Gasteiger partial charge in [0, 0.05) is 13.2 Å². The van der Waals surface area contributed by atoms with Crippen LogP contribution in [-0.2, 0) is 9.47 Å². The molecule has 1 saturated heterocycles. The number of hydrogen-bond acceptors (Lipinski definition) is 3. The molecular formula is C19H39NO2. The van der Waals surface area contributed by atoms with Crippen LogP contribution in [0.15, 0.2) is 0 Å². The van der Waals surface area contributed by atoms with Gasteiger partial charge in [0.05, 0.1) is 18.8 Å². The maximum atomic E-state index is 6.08. The average Bonchev–Trinajstić information content (AvgIpc) is 2.56. The Morgan fingerprint density at radius 1 is 0.773 bits per heavy atom. The van der Waals surface area contributed by atoms with E-state index in [9.17, 15) is 0 Å². The van der Waals surface area contributed by atoms with Crippen molar-refractivity contribution < 1.29 is 9.47 Å². The van der Waals surface area contributed by atoms with E-state index < -0.39 is 0 Å². The Morgan fingerprint density at radius 2 is 1.32 bits per heavy atom. The van der Waals surface area contributed by atoms with Gasteiger partial charge in [-0.1, -0.05) is 46.5 Å². The Kier molecular flexibility index (Phi) is 11.2. The molecular weight excluding hydrogens is 274 g/mol. The minimum atomic E-state index is 0.108. The van der Waals surface area contributed by atoms with Gasteiger partial charge in [0.1, 0.15) is 0 Å². The molecule has 0 unspecified atom stereocenters. The molecule has 0 bridgehead atoms. The predicted molar refractivity (Wildman–Crippen MR) is 94.5 cm³/mol. The lowest BCUT2D eigenvalue weighted by Crippen LogP contribution is -2.57. The summed E-state index contributed by atoms with van der Waals surface area (Å²) in [6.07, 6.45) is 11.2. The Labute approximate surface area is 138 Å². The first kappa shape index (κ1) is 19.9. The standard InChI is InChI=1S/C19H39NO2/c1-4-7-15-21-17-19(12-6-3,18-22-16-8-5-2)20-13-10-9-11-14-20/h4-18H2,1-3H3. The van der Waals surface area contributed by atoms with Gasteiger partial charge in [0.15, 0.2) is 0 Å². The van der Waals surface area contributed by atoms with Gasteiger partial charge in [-0.3, -0.25) is 4.90 Å². The number of hydrogen-bond donors (Lipinski definition) is 0. The first-order valence-electron chi connectivity index (χ1n) is 9.69. The van der Waals surface area contributed by atoms with E-state index in [-0.39, 0.29) is 5.54 Å². The van der Waals surface area contributed by atoms with Crippen LogP contribution < -0.4 is 0 Å². The largest absolute Gasteiger partial charge is 0.379 e. The lowest BCUT2D eigenvalue weighted by atomic mass is 9.90. The van der Waals surface area contributed by atoms with Crippen LogP contribution in [0.25, 0.3) is 0 Å². The molecule has 0 aromatic rings. The van der Waals surface area contributed by atoms with Crippen molar-refractivity contribution >= 4 is 0 Å². The summed E-state index contributed by atoms with van der Waals surface area (Å²) in [4.78, 5) is 2.68. The summed E-state index contributed by atoms with van der Waals surface area (Å²) in [5.41, 5.74) is 0.108. The molecule has 1 fully saturated rings. The molecule has 22 heavy (non-hydrogen) atoms. The molecule has 0 N–H and O–H groups in total. The molecule has 0 aromatic carbocycles. The van der Waals surface area contributed by atoms with Gasteiger partial charge in [0.25, 0.3) is 0 Å². The van der Waals surface area contributed by atoms with Crippen LogP contribution in [0.2, 0.25) is 0 Å². The zero-order chi connectivity index (χ0) is 16.1. The Hall–Kier alpha value is -0.120. The summed E-state index contributed by atoms with van der Waals surface area (Å²) >= 11 is 0. The molecule has 3 heteroatoms. The third kappa shape index (κ3) is 6.97. The summed E-state index contributed by atoms with van der Waals surface area (Å²) in [6, 6.07) is 0. The smallest absolute Gasteiger partial charge is 0.0678 e. The number of nitrogens with zero attached hydrogens (tertiary/aromatic N) is 1. The summed E-state index contributed by atoms with van der Waals surface area (Å²) in [7, 11) is 0. The first-order chi connectivity index (χ1) is 10.8. The number of unbranched alkanes of at least 4 members (excludes halogenated alkanes) is 2. The monoisotopic (exact) mass is 313 g/mol. The Bertz CT molecular complexity index is 240. The molecule has 3 nitrogen and oxygen atoms in total. The summed E-state index contributed by atoms with van der Waals surface area (Å²) < 4.78 is 12.2. The molecule has 0 aromatic heterocycles. The molecule has 0 aliphatic carbocycles. The molecule has 0 spiro atoms. The molecule has 1 aliphatic heterocycles. The number of rotatable bonds is 13. The number of likely N-dealkylation sites (tertiary alicyclic amines) is 1. The summed E-state index contributed by atoms with van der Waals surface area (Å²) in [5.74, 6) is 0. The van der Waals surface area contributed by atoms with E-state index in [1.54, 1.807) is 0 Å². The average molecular weight is 314 g/mol. The van der Waals surface area contributed by atoms with Crippen molar-refractivity contribution in [3.05, 3.63) is 0 Å². The van der Waals surface area contributed by atoms with Crippen molar-refractivity contribution in [2.75, 3.05) is 39.5 Å². The highest BCUT2D eigenvalue weighted by molar-refractivity contribution is 4.92. The fraction of sp³-hybridized carbons (Fsp3) is 1.00. The SMILES string of the molecule is CCCCOCC(CCC)(COCCCC)N1CCCCC1. The second-order valence-electron chi connectivity index (χ2n) is 6.83. The van der Waals surface area contributed by atoms with Crippen molar-refractivity contribution in [2.45, 2.75) is 84.1 Å². The van der Waals surface area contributed by atoms with E-state index in [1.165, 1.54) is 70.9 Å². The Morgan fingerprint density at radius 3 is 1.77 bits per heavy atom. The zero-order valence-electron chi connectivity index (χ0n) is 15.4. The molecule has 0 atom stereocenters. The molecule has 0 amide bonds. The van der Waals surface area contributed by atoms with E-state index in [0.29, 0.717) is 0 Å². The number of ether oxygens (including phenoxy) is 2. The Balaban J connectivity index is 2.62. The molecule has 1 aliphatic rings. The van der Waals surface area contributed by atoms with Gasteiger partial charge in [-0.05, 0) is 45.2 Å². The normalized spacial score (nSPS) is 17.0. The van der Waals surface area contributed by atoms with Crippen LogP contribution in [0.5, 0.6) is 0 Å². The molecule has 1 rings (SSSR count). The zero-order valence-corrected chi connectivity index (χ0v) is 15.4. The van der Waals surface area contributed by atoms with Crippen LogP contribution in [0.4, 0.5) is 0 Å². The van der Waals surface area contributed by atoms with Gasteiger partial charge >= 0.3 is 0 Å². The van der Waals surface area contributed by atoms with Crippen LogP contribution in [-0.4, -0.2) is 50.0 Å². The molecule has 1 heterocycles. The minimum absolute atomic E-state index is 0.108. The molecule has 0 saturated carbocycles. The van der Waals surface area contributed by atoms with E-state index in [1.807, 2.05) is 0 Å². The van der Waals surface area contributed by atoms with Crippen LogP contribution in [0.1, 0.15) is 78.6 Å². The fourth-order valence-corrected chi connectivity index (χ4v) is 3.38. The summed E-state index contributed by atoms with van der Waals surface area (Å²) in [5, 5.41) is 0. The van der Waals surface area contributed by atoms with Gasteiger partial charge in [-0.25, -0.2) is 0 Å². The summed E-state index contributed by atoms with van der Waals surface area (Å²) in [6.45, 7) is 12.6. The molecule has 0 radical (unpaired) electrons. The predicted octanol–water partition coefficient (Wildman–Crippen LogP) is 4.64. The van der Waals surface area contributed by atoms with Gasteiger partial charge in [-0.2, -0.15) is 0 Å². The minimum Gasteiger partial charge on any atom is -0.379 e. The first-order valence-corrected chi connectivity index (χ1v) is 9.69. The number of piperidine rings is 1. The van der Waals surface area contributed by atoms with E-state index >= 15 is 0 Å². The van der Waals surface area contributed by atoms with Crippen molar-refractivity contribution in [3.8, 4) is 0 Å². The van der Waals surface area contributed by atoms with E-state index in [2.05, 4.69) is 25.7 Å². The third-order valence-electron chi connectivity index (χ3n) is 4.77. The van der Waals surface area contributed by atoms with Crippen molar-refractivity contribution in [1.29, 1.82) is 0 Å². The quantitative estimate of drug-likeness (QED) is 0.462. The topological polar surface area (TPSA) is 21.7 Å². The second kappa shape index (κ2) is 12.3. The third-order valence-corrected chi connectivity index (χ3v) is 4.77.